The molecule has 0 saturated carbocycles. The van der Waals surface area contributed by atoms with Crippen molar-refractivity contribution in [3.8, 4) is 5.75 Å². The SMILES string of the molecule is C[C@H](O)CNCc1cc(Br)ccc1OCc1ccc(F)cc1Cl. The molecule has 0 aliphatic rings. The smallest absolute Gasteiger partial charge is 0.124 e. The van der Waals surface area contributed by atoms with Crippen LogP contribution in [0.5, 0.6) is 5.75 Å². The molecule has 0 fully saturated rings. The number of nitrogens with one attached hydrogen (secondary N) is 1. The van der Waals surface area contributed by atoms with Gasteiger partial charge >= 0.3 is 0 Å². The second-order valence-corrected chi connectivity index (χ2v) is 6.58. The van der Waals surface area contributed by atoms with Gasteiger partial charge in [-0.25, -0.2) is 4.39 Å². The van der Waals surface area contributed by atoms with E-state index in [0.29, 0.717) is 23.9 Å². The Morgan fingerprint density at radius 3 is 2.74 bits per heavy atom. The number of rotatable bonds is 7. The molecule has 2 rings (SSSR count). The first-order valence-electron chi connectivity index (χ1n) is 7.19. The predicted molar refractivity (Wildman–Crippen MR) is 93.3 cm³/mol. The van der Waals surface area contributed by atoms with Gasteiger partial charge in [-0.2, -0.15) is 0 Å². The Morgan fingerprint density at radius 1 is 1.26 bits per heavy atom. The van der Waals surface area contributed by atoms with Gasteiger partial charge in [0, 0.05) is 28.7 Å². The van der Waals surface area contributed by atoms with Crippen LogP contribution in [0.2, 0.25) is 5.02 Å². The first-order valence-corrected chi connectivity index (χ1v) is 8.36. The van der Waals surface area contributed by atoms with Crippen molar-refractivity contribution in [1.29, 1.82) is 0 Å². The van der Waals surface area contributed by atoms with E-state index in [4.69, 9.17) is 16.3 Å². The van der Waals surface area contributed by atoms with E-state index in [9.17, 15) is 9.50 Å². The molecule has 0 amide bonds. The van der Waals surface area contributed by atoms with Gasteiger partial charge in [-0.05, 0) is 37.3 Å². The Labute approximate surface area is 148 Å². The van der Waals surface area contributed by atoms with Crippen LogP contribution in [0.25, 0.3) is 0 Å². The van der Waals surface area contributed by atoms with Gasteiger partial charge in [0.1, 0.15) is 18.2 Å². The molecular formula is C17H18BrClFNO2. The maximum absolute atomic E-state index is 13.1. The summed E-state index contributed by atoms with van der Waals surface area (Å²) in [6.07, 6.45) is -0.412. The minimum absolute atomic E-state index is 0.254. The molecule has 0 heterocycles. The van der Waals surface area contributed by atoms with Gasteiger partial charge in [0.25, 0.3) is 0 Å². The van der Waals surface area contributed by atoms with Crippen LogP contribution < -0.4 is 10.1 Å². The lowest BCUT2D eigenvalue weighted by Gasteiger charge is -2.14. The van der Waals surface area contributed by atoms with Crippen LogP contribution in [0.15, 0.2) is 40.9 Å². The minimum atomic E-state index is -0.412. The zero-order valence-corrected chi connectivity index (χ0v) is 15.0. The third kappa shape index (κ3) is 5.77. The van der Waals surface area contributed by atoms with Crippen molar-refractivity contribution < 1.29 is 14.2 Å². The van der Waals surface area contributed by atoms with E-state index in [1.54, 1.807) is 13.0 Å². The molecule has 2 N–H and O–H groups in total. The molecule has 2 aromatic carbocycles. The summed E-state index contributed by atoms with van der Waals surface area (Å²) in [5.74, 6) is 0.345. The molecule has 0 bridgehead atoms. The third-order valence-electron chi connectivity index (χ3n) is 3.18. The fraction of sp³-hybridized carbons (Fsp3) is 0.294. The largest absolute Gasteiger partial charge is 0.489 e. The van der Waals surface area contributed by atoms with Crippen molar-refractivity contribution >= 4 is 27.5 Å². The topological polar surface area (TPSA) is 41.5 Å². The summed E-state index contributed by atoms with van der Waals surface area (Å²) in [6.45, 7) is 3.04. The van der Waals surface area contributed by atoms with E-state index in [2.05, 4.69) is 21.2 Å². The molecule has 6 heteroatoms. The Balaban J connectivity index is 2.06. The predicted octanol–water partition coefficient (Wildman–Crippen LogP) is 4.29. The van der Waals surface area contributed by atoms with E-state index in [1.807, 2.05) is 18.2 Å². The third-order valence-corrected chi connectivity index (χ3v) is 4.02. The molecule has 0 aliphatic heterocycles. The first-order chi connectivity index (χ1) is 11.0. The molecule has 2 aromatic rings. The van der Waals surface area contributed by atoms with Gasteiger partial charge in [-0.1, -0.05) is 33.6 Å². The second kappa shape index (κ2) is 8.64. The molecule has 0 saturated heterocycles. The number of hydrogen-bond acceptors (Lipinski definition) is 3. The highest BCUT2D eigenvalue weighted by Crippen LogP contribution is 2.25. The minimum Gasteiger partial charge on any atom is -0.489 e. The number of aliphatic hydroxyl groups is 1. The monoisotopic (exact) mass is 401 g/mol. The van der Waals surface area contributed by atoms with Gasteiger partial charge in [0.2, 0.25) is 0 Å². The van der Waals surface area contributed by atoms with Crippen LogP contribution in [0.3, 0.4) is 0 Å². The maximum Gasteiger partial charge on any atom is 0.124 e. The lowest BCUT2D eigenvalue weighted by molar-refractivity contribution is 0.190. The fourth-order valence-corrected chi connectivity index (χ4v) is 2.67. The lowest BCUT2D eigenvalue weighted by Crippen LogP contribution is -2.24. The number of aliphatic hydroxyl groups excluding tert-OH is 1. The van der Waals surface area contributed by atoms with Gasteiger partial charge in [-0.15, -0.1) is 0 Å². The van der Waals surface area contributed by atoms with Gasteiger partial charge in [-0.3, -0.25) is 0 Å². The summed E-state index contributed by atoms with van der Waals surface area (Å²) in [6, 6.07) is 9.95. The van der Waals surface area contributed by atoms with Crippen LogP contribution in [0.4, 0.5) is 4.39 Å². The van der Waals surface area contributed by atoms with Gasteiger partial charge in [0.15, 0.2) is 0 Å². The first kappa shape index (κ1) is 18.2. The Morgan fingerprint density at radius 2 is 2.04 bits per heavy atom. The van der Waals surface area contributed by atoms with E-state index >= 15 is 0 Å². The zero-order valence-electron chi connectivity index (χ0n) is 12.7. The number of hydrogen-bond donors (Lipinski definition) is 2. The summed E-state index contributed by atoms with van der Waals surface area (Å²) in [5.41, 5.74) is 1.68. The van der Waals surface area contributed by atoms with Crippen molar-refractivity contribution in [3.63, 3.8) is 0 Å². The summed E-state index contributed by atoms with van der Waals surface area (Å²) >= 11 is 9.45. The van der Waals surface area contributed by atoms with Crippen LogP contribution in [0.1, 0.15) is 18.1 Å². The van der Waals surface area contributed by atoms with E-state index in [1.165, 1.54) is 12.1 Å². The molecule has 0 spiro atoms. The van der Waals surface area contributed by atoms with Crippen LogP contribution >= 0.6 is 27.5 Å². The fourth-order valence-electron chi connectivity index (χ4n) is 2.04. The van der Waals surface area contributed by atoms with E-state index in [0.717, 1.165) is 15.6 Å². The van der Waals surface area contributed by atoms with Crippen molar-refractivity contribution in [1.82, 2.24) is 5.32 Å². The number of halogens is 3. The highest BCUT2D eigenvalue weighted by Gasteiger charge is 2.08. The molecule has 0 aliphatic carbocycles. The standard InChI is InChI=1S/C17H18BrClFNO2/c1-11(22)8-21-9-13-6-14(18)3-5-17(13)23-10-12-2-4-15(20)7-16(12)19/h2-7,11,21-22H,8-10H2,1H3/t11-/m0/s1. The summed E-state index contributed by atoms with van der Waals surface area (Å²) in [4.78, 5) is 0. The molecule has 0 aromatic heterocycles. The van der Waals surface area contributed by atoms with Crippen LogP contribution in [-0.2, 0) is 13.2 Å². The van der Waals surface area contributed by atoms with E-state index < -0.39 is 6.10 Å². The average Bonchev–Trinajstić information content (AvgIpc) is 2.47. The second-order valence-electron chi connectivity index (χ2n) is 5.26. The summed E-state index contributed by atoms with van der Waals surface area (Å²) < 4.78 is 19.8. The molecule has 1 atom stereocenters. The van der Waals surface area contributed by atoms with Crippen molar-refractivity contribution in [2.24, 2.45) is 0 Å². The average molecular weight is 403 g/mol. The van der Waals surface area contributed by atoms with Crippen molar-refractivity contribution in [3.05, 3.63) is 62.8 Å². The summed E-state index contributed by atoms with van der Waals surface area (Å²) in [7, 11) is 0. The zero-order chi connectivity index (χ0) is 16.8. The lowest BCUT2D eigenvalue weighted by atomic mass is 10.2. The highest BCUT2D eigenvalue weighted by molar-refractivity contribution is 9.10. The quantitative estimate of drug-likeness (QED) is 0.726. The highest BCUT2D eigenvalue weighted by atomic mass is 79.9. The van der Waals surface area contributed by atoms with Gasteiger partial charge < -0.3 is 15.2 Å². The Hall–Kier alpha value is -1.14. The van der Waals surface area contributed by atoms with Gasteiger partial charge in [0.05, 0.1) is 11.1 Å². The Kier molecular flexibility index (Phi) is 6.84. The molecule has 0 radical (unpaired) electrons. The number of ether oxygens (including phenoxy) is 1. The molecule has 23 heavy (non-hydrogen) atoms. The number of benzene rings is 2. The molecular weight excluding hydrogens is 385 g/mol. The normalized spacial score (nSPS) is 12.2. The van der Waals surface area contributed by atoms with Crippen molar-refractivity contribution in [2.45, 2.75) is 26.2 Å². The summed E-state index contributed by atoms with van der Waals surface area (Å²) in [5, 5.41) is 12.8. The van der Waals surface area contributed by atoms with Crippen LogP contribution in [-0.4, -0.2) is 17.8 Å². The van der Waals surface area contributed by atoms with Crippen LogP contribution in [0, 0.1) is 5.82 Å². The molecule has 124 valence electrons. The molecule has 0 unspecified atom stereocenters. The van der Waals surface area contributed by atoms with E-state index in [-0.39, 0.29) is 12.4 Å². The Bertz CT molecular complexity index is 667. The maximum atomic E-state index is 13.1. The molecule has 3 nitrogen and oxygen atoms in total. The van der Waals surface area contributed by atoms with Crippen molar-refractivity contribution in [2.75, 3.05) is 6.54 Å².